The van der Waals surface area contributed by atoms with Gasteiger partial charge in [-0.1, -0.05) is 0 Å². The first-order valence-corrected chi connectivity index (χ1v) is 4.66. The monoisotopic (exact) mass is 156 g/mol. The van der Waals surface area contributed by atoms with Crippen LogP contribution in [0.1, 0.15) is 32.1 Å². The lowest BCUT2D eigenvalue weighted by Crippen LogP contribution is -2.18. The van der Waals surface area contributed by atoms with Crippen molar-refractivity contribution in [3.05, 3.63) is 0 Å². The summed E-state index contributed by atoms with van der Waals surface area (Å²) in [6.45, 7) is 0.905. The molecule has 0 radical (unpaired) electrons. The molecule has 64 valence electrons. The van der Waals surface area contributed by atoms with Crippen LogP contribution < -0.4 is 0 Å². The van der Waals surface area contributed by atoms with Gasteiger partial charge in [0.1, 0.15) is 0 Å². The van der Waals surface area contributed by atoms with Crippen molar-refractivity contribution in [1.82, 2.24) is 0 Å². The highest BCUT2D eigenvalue weighted by Gasteiger charge is 2.32. The average Bonchev–Trinajstić information content (AvgIpc) is 2.73. The van der Waals surface area contributed by atoms with Gasteiger partial charge in [0.2, 0.25) is 0 Å². The zero-order chi connectivity index (χ0) is 7.68. The topological polar surface area (TPSA) is 29.5 Å². The number of ether oxygens (including phenoxy) is 1. The van der Waals surface area contributed by atoms with E-state index in [4.69, 9.17) is 4.74 Å². The van der Waals surface area contributed by atoms with E-state index in [1.54, 1.807) is 0 Å². The van der Waals surface area contributed by atoms with Crippen LogP contribution in [0.2, 0.25) is 0 Å². The van der Waals surface area contributed by atoms with Gasteiger partial charge in [-0.2, -0.15) is 0 Å². The highest BCUT2D eigenvalue weighted by molar-refractivity contribution is 4.83. The number of hydrogen-bond donors (Lipinski definition) is 1. The second kappa shape index (κ2) is 3.11. The van der Waals surface area contributed by atoms with Crippen LogP contribution in [0.3, 0.4) is 0 Å². The highest BCUT2D eigenvalue weighted by atomic mass is 16.5. The summed E-state index contributed by atoms with van der Waals surface area (Å²) in [4.78, 5) is 0. The maximum Gasteiger partial charge on any atom is 0.0600 e. The van der Waals surface area contributed by atoms with Gasteiger partial charge >= 0.3 is 0 Å². The maximum atomic E-state index is 9.57. The molecule has 1 heterocycles. The fraction of sp³-hybridized carbons (Fsp3) is 1.00. The fourth-order valence-electron chi connectivity index (χ4n) is 1.77. The van der Waals surface area contributed by atoms with E-state index in [0.29, 0.717) is 12.0 Å². The van der Waals surface area contributed by atoms with Crippen molar-refractivity contribution in [1.29, 1.82) is 0 Å². The van der Waals surface area contributed by atoms with Gasteiger partial charge in [0.25, 0.3) is 0 Å². The molecule has 0 bridgehead atoms. The smallest absolute Gasteiger partial charge is 0.0600 e. The van der Waals surface area contributed by atoms with Crippen LogP contribution in [0.5, 0.6) is 0 Å². The van der Waals surface area contributed by atoms with Crippen LogP contribution in [0.4, 0.5) is 0 Å². The van der Waals surface area contributed by atoms with Gasteiger partial charge in [0, 0.05) is 6.61 Å². The average molecular weight is 156 g/mol. The van der Waals surface area contributed by atoms with Crippen LogP contribution in [0.25, 0.3) is 0 Å². The summed E-state index contributed by atoms with van der Waals surface area (Å²) in [6.07, 6.45) is 5.97. The lowest BCUT2D eigenvalue weighted by atomic mass is 10.1. The van der Waals surface area contributed by atoms with Crippen LogP contribution in [-0.4, -0.2) is 23.9 Å². The van der Waals surface area contributed by atoms with E-state index in [1.165, 1.54) is 19.3 Å². The highest BCUT2D eigenvalue weighted by Crippen LogP contribution is 2.35. The second-order valence-electron chi connectivity index (χ2n) is 3.78. The van der Waals surface area contributed by atoms with E-state index in [2.05, 4.69) is 0 Å². The van der Waals surface area contributed by atoms with Gasteiger partial charge in [-0.3, -0.25) is 0 Å². The molecule has 0 amide bonds. The molecule has 1 aliphatic heterocycles. The second-order valence-corrected chi connectivity index (χ2v) is 3.78. The lowest BCUT2D eigenvalue weighted by molar-refractivity contribution is 0.0452. The predicted octanol–water partition coefficient (Wildman–Crippen LogP) is 1.33. The molecule has 2 fully saturated rings. The molecule has 2 aliphatic rings. The molecule has 0 aromatic heterocycles. The van der Waals surface area contributed by atoms with Gasteiger partial charge in [-0.25, -0.2) is 0 Å². The van der Waals surface area contributed by atoms with Crippen molar-refractivity contribution in [2.75, 3.05) is 6.61 Å². The molecule has 2 heteroatoms. The van der Waals surface area contributed by atoms with Crippen LogP contribution in [0.15, 0.2) is 0 Å². The van der Waals surface area contributed by atoms with Crippen LogP contribution in [-0.2, 0) is 4.74 Å². The molecule has 2 atom stereocenters. The molecule has 0 spiro atoms. The Morgan fingerprint density at radius 1 is 1.36 bits per heavy atom. The predicted molar refractivity (Wildman–Crippen MR) is 42.3 cm³/mol. The van der Waals surface area contributed by atoms with E-state index in [1.807, 2.05) is 0 Å². The molecule has 0 aromatic rings. The summed E-state index contributed by atoms with van der Waals surface area (Å²) in [5, 5.41) is 9.57. The summed E-state index contributed by atoms with van der Waals surface area (Å²) in [6, 6.07) is 0. The molecule has 1 saturated heterocycles. The largest absolute Gasteiger partial charge is 0.393 e. The molecule has 0 aromatic carbocycles. The normalized spacial score (nSPS) is 34.1. The fourth-order valence-corrected chi connectivity index (χ4v) is 1.77. The van der Waals surface area contributed by atoms with Gasteiger partial charge < -0.3 is 9.84 Å². The minimum Gasteiger partial charge on any atom is -0.393 e. The number of aliphatic hydroxyl groups excluding tert-OH is 1. The Balaban J connectivity index is 1.70. The third-order valence-corrected chi connectivity index (χ3v) is 2.69. The van der Waals surface area contributed by atoms with E-state index in [9.17, 15) is 5.11 Å². The van der Waals surface area contributed by atoms with Gasteiger partial charge in [0.05, 0.1) is 12.2 Å². The Labute approximate surface area is 67.6 Å². The Hall–Kier alpha value is -0.0800. The Morgan fingerprint density at radius 2 is 2.18 bits per heavy atom. The van der Waals surface area contributed by atoms with Crippen molar-refractivity contribution in [2.24, 2.45) is 5.92 Å². The first kappa shape index (κ1) is 7.56. The summed E-state index contributed by atoms with van der Waals surface area (Å²) in [7, 11) is 0. The SMILES string of the molecule is OC(CC1CCCO1)C1CC1. The molecule has 1 N–H and O–H groups in total. The zero-order valence-electron chi connectivity index (χ0n) is 6.83. The quantitative estimate of drug-likeness (QED) is 0.668. The summed E-state index contributed by atoms with van der Waals surface area (Å²) in [5.74, 6) is 0.610. The van der Waals surface area contributed by atoms with Crippen molar-refractivity contribution in [3.63, 3.8) is 0 Å². The van der Waals surface area contributed by atoms with Crippen LogP contribution in [0, 0.1) is 5.92 Å². The third kappa shape index (κ3) is 1.94. The van der Waals surface area contributed by atoms with E-state index in [0.717, 1.165) is 19.4 Å². The molecule has 2 rings (SSSR count). The third-order valence-electron chi connectivity index (χ3n) is 2.69. The molecule has 1 saturated carbocycles. The lowest BCUT2D eigenvalue weighted by Gasteiger charge is -2.13. The van der Waals surface area contributed by atoms with Crippen LogP contribution >= 0.6 is 0 Å². The van der Waals surface area contributed by atoms with E-state index < -0.39 is 0 Å². The standard InChI is InChI=1S/C9H16O2/c10-9(7-3-4-7)6-8-2-1-5-11-8/h7-10H,1-6H2. The van der Waals surface area contributed by atoms with Crippen molar-refractivity contribution in [3.8, 4) is 0 Å². The van der Waals surface area contributed by atoms with Gasteiger partial charge in [-0.15, -0.1) is 0 Å². The van der Waals surface area contributed by atoms with Crippen molar-refractivity contribution >= 4 is 0 Å². The summed E-state index contributed by atoms with van der Waals surface area (Å²) < 4.78 is 5.44. The van der Waals surface area contributed by atoms with Crippen molar-refractivity contribution < 1.29 is 9.84 Å². The molecule has 2 nitrogen and oxygen atoms in total. The zero-order valence-corrected chi connectivity index (χ0v) is 6.83. The number of aliphatic hydroxyl groups is 1. The first-order valence-electron chi connectivity index (χ1n) is 4.66. The van der Waals surface area contributed by atoms with Crippen molar-refractivity contribution in [2.45, 2.75) is 44.3 Å². The minimum atomic E-state index is -0.0712. The number of rotatable bonds is 3. The number of hydrogen-bond acceptors (Lipinski definition) is 2. The Morgan fingerprint density at radius 3 is 2.73 bits per heavy atom. The molecule has 11 heavy (non-hydrogen) atoms. The molecule has 2 unspecified atom stereocenters. The first-order chi connectivity index (χ1) is 5.36. The minimum absolute atomic E-state index is 0.0712. The molecular formula is C9H16O2. The Bertz CT molecular complexity index is 126. The summed E-state index contributed by atoms with van der Waals surface area (Å²) in [5.41, 5.74) is 0. The van der Waals surface area contributed by atoms with E-state index in [-0.39, 0.29) is 6.10 Å². The van der Waals surface area contributed by atoms with E-state index >= 15 is 0 Å². The summed E-state index contributed by atoms with van der Waals surface area (Å²) >= 11 is 0. The van der Waals surface area contributed by atoms with Gasteiger partial charge in [-0.05, 0) is 38.0 Å². The molecular weight excluding hydrogens is 140 g/mol. The molecule has 1 aliphatic carbocycles. The Kier molecular flexibility index (Phi) is 2.14. The van der Waals surface area contributed by atoms with Gasteiger partial charge in [0.15, 0.2) is 0 Å². The maximum absolute atomic E-state index is 9.57.